The number of hydrogen-bond acceptors (Lipinski definition) is 2. The van der Waals surface area contributed by atoms with Crippen LogP contribution in [0, 0.1) is 5.92 Å². The standard InChI is InChI=1S/C19H32N2/c1-16(2)20-13-12-18-10-6-7-11-19(18)15-21(3)14-17-8-4-5-9-17/h6-7,10-11,16-17,20H,4-5,8-9,12-15H2,1-3H3. The molecule has 0 unspecified atom stereocenters. The van der Waals surface area contributed by atoms with Gasteiger partial charge in [-0.15, -0.1) is 0 Å². The zero-order valence-electron chi connectivity index (χ0n) is 14.1. The summed E-state index contributed by atoms with van der Waals surface area (Å²) in [5, 5.41) is 3.52. The molecule has 0 aliphatic heterocycles. The minimum Gasteiger partial charge on any atom is -0.314 e. The van der Waals surface area contributed by atoms with E-state index in [0.29, 0.717) is 6.04 Å². The second-order valence-electron chi connectivity index (χ2n) is 6.97. The fourth-order valence-electron chi connectivity index (χ4n) is 3.44. The fraction of sp³-hybridized carbons (Fsp3) is 0.684. The molecule has 0 saturated heterocycles. The van der Waals surface area contributed by atoms with Crippen LogP contribution in [0.25, 0.3) is 0 Å². The van der Waals surface area contributed by atoms with Gasteiger partial charge in [0.1, 0.15) is 0 Å². The predicted octanol–water partition coefficient (Wildman–Crippen LogP) is 3.85. The summed E-state index contributed by atoms with van der Waals surface area (Å²) in [7, 11) is 2.28. The second-order valence-corrected chi connectivity index (χ2v) is 6.97. The van der Waals surface area contributed by atoms with Crippen LogP contribution in [0.3, 0.4) is 0 Å². The van der Waals surface area contributed by atoms with Gasteiger partial charge in [-0.2, -0.15) is 0 Å². The summed E-state index contributed by atoms with van der Waals surface area (Å²) in [6, 6.07) is 9.52. The van der Waals surface area contributed by atoms with Gasteiger partial charge in [-0.3, -0.25) is 0 Å². The van der Waals surface area contributed by atoms with Crippen molar-refractivity contribution in [2.24, 2.45) is 5.92 Å². The highest BCUT2D eigenvalue weighted by Crippen LogP contribution is 2.25. The maximum absolute atomic E-state index is 3.52. The van der Waals surface area contributed by atoms with Crippen molar-refractivity contribution in [3.05, 3.63) is 35.4 Å². The van der Waals surface area contributed by atoms with Crippen LogP contribution >= 0.6 is 0 Å². The first kappa shape index (κ1) is 16.5. The van der Waals surface area contributed by atoms with Crippen molar-refractivity contribution in [1.82, 2.24) is 10.2 Å². The van der Waals surface area contributed by atoms with Crippen molar-refractivity contribution in [1.29, 1.82) is 0 Å². The molecule has 0 heterocycles. The van der Waals surface area contributed by atoms with Crippen LogP contribution in [0.4, 0.5) is 0 Å². The molecule has 1 aromatic rings. The van der Waals surface area contributed by atoms with Crippen molar-refractivity contribution in [2.75, 3.05) is 20.1 Å². The molecular weight excluding hydrogens is 256 g/mol. The van der Waals surface area contributed by atoms with E-state index in [9.17, 15) is 0 Å². The molecule has 0 radical (unpaired) electrons. The fourth-order valence-corrected chi connectivity index (χ4v) is 3.44. The number of nitrogens with zero attached hydrogens (tertiary/aromatic N) is 1. The van der Waals surface area contributed by atoms with E-state index in [0.717, 1.165) is 25.4 Å². The summed E-state index contributed by atoms with van der Waals surface area (Å²) in [6.45, 7) is 7.84. The van der Waals surface area contributed by atoms with Gasteiger partial charge in [0.05, 0.1) is 0 Å². The predicted molar refractivity (Wildman–Crippen MR) is 91.6 cm³/mol. The Labute approximate surface area is 130 Å². The highest BCUT2D eigenvalue weighted by atomic mass is 15.1. The van der Waals surface area contributed by atoms with Crippen molar-refractivity contribution in [3.8, 4) is 0 Å². The Bertz CT molecular complexity index is 408. The monoisotopic (exact) mass is 288 g/mol. The molecule has 21 heavy (non-hydrogen) atoms. The van der Waals surface area contributed by atoms with E-state index in [1.54, 1.807) is 0 Å². The third kappa shape index (κ3) is 5.80. The molecule has 1 aliphatic rings. The third-order valence-corrected chi connectivity index (χ3v) is 4.55. The zero-order valence-corrected chi connectivity index (χ0v) is 14.1. The van der Waals surface area contributed by atoms with Gasteiger partial charge < -0.3 is 10.2 Å². The van der Waals surface area contributed by atoms with Gasteiger partial charge in [0.25, 0.3) is 0 Å². The van der Waals surface area contributed by atoms with Crippen molar-refractivity contribution in [3.63, 3.8) is 0 Å². The molecule has 0 aromatic heterocycles. The summed E-state index contributed by atoms with van der Waals surface area (Å²) in [6.07, 6.45) is 6.88. The molecule has 0 spiro atoms. The van der Waals surface area contributed by atoms with Crippen LogP contribution in [0.5, 0.6) is 0 Å². The van der Waals surface area contributed by atoms with Crippen molar-refractivity contribution >= 4 is 0 Å². The van der Waals surface area contributed by atoms with Crippen LogP contribution in [0.15, 0.2) is 24.3 Å². The number of rotatable bonds is 8. The summed E-state index contributed by atoms with van der Waals surface area (Å²) < 4.78 is 0. The summed E-state index contributed by atoms with van der Waals surface area (Å²) >= 11 is 0. The molecule has 1 N–H and O–H groups in total. The van der Waals surface area contributed by atoms with Crippen molar-refractivity contribution in [2.45, 2.75) is 58.5 Å². The molecule has 0 amide bonds. The Morgan fingerprint density at radius 1 is 1.14 bits per heavy atom. The van der Waals surface area contributed by atoms with Crippen LogP contribution in [-0.4, -0.2) is 31.1 Å². The Morgan fingerprint density at radius 3 is 2.48 bits per heavy atom. The van der Waals surface area contributed by atoms with Gasteiger partial charge in [0, 0.05) is 19.1 Å². The number of nitrogens with one attached hydrogen (secondary N) is 1. The maximum atomic E-state index is 3.52. The third-order valence-electron chi connectivity index (χ3n) is 4.55. The Balaban J connectivity index is 1.86. The normalized spacial score (nSPS) is 16.2. The molecular formula is C19H32N2. The van der Waals surface area contributed by atoms with Crippen molar-refractivity contribution < 1.29 is 0 Å². The van der Waals surface area contributed by atoms with Gasteiger partial charge in [-0.1, -0.05) is 51.0 Å². The topological polar surface area (TPSA) is 15.3 Å². The molecule has 0 atom stereocenters. The summed E-state index contributed by atoms with van der Waals surface area (Å²) in [5.41, 5.74) is 3.01. The van der Waals surface area contributed by atoms with E-state index < -0.39 is 0 Å². The lowest BCUT2D eigenvalue weighted by atomic mass is 10.0. The molecule has 0 bridgehead atoms. The molecule has 1 saturated carbocycles. The first-order valence-electron chi connectivity index (χ1n) is 8.64. The molecule has 1 aliphatic carbocycles. The minimum atomic E-state index is 0.571. The zero-order chi connectivity index (χ0) is 15.1. The van der Waals surface area contributed by atoms with E-state index in [4.69, 9.17) is 0 Å². The molecule has 2 rings (SSSR count). The lowest BCUT2D eigenvalue weighted by Crippen LogP contribution is -2.26. The maximum Gasteiger partial charge on any atom is 0.0233 e. The van der Waals surface area contributed by atoms with Gasteiger partial charge in [-0.05, 0) is 49.9 Å². The molecule has 1 aromatic carbocycles. The highest BCUT2D eigenvalue weighted by molar-refractivity contribution is 5.27. The number of hydrogen-bond donors (Lipinski definition) is 1. The van der Waals surface area contributed by atoms with Crippen LogP contribution in [-0.2, 0) is 13.0 Å². The Kier molecular flexibility index (Phi) is 6.72. The second kappa shape index (κ2) is 8.55. The van der Waals surface area contributed by atoms with E-state index >= 15 is 0 Å². The summed E-state index contributed by atoms with van der Waals surface area (Å²) in [4.78, 5) is 2.52. The Hall–Kier alpha value is -0.860. The SMILES string of the molecule is CC(C)NCCc1ccccc1CN(C)CC1CCCC1. The lowest BCUT2D eigenvalue weighted by Gasteiger charge is -2.22. The minimum absolute atomic E-state index is 0.571. The van der Waals surface area contributed by atoms with Gasteiger partial charge >= 0.3 is 0 Å². The first-order chi connectivity index (χ1) is 10.1. The van der Waals surface area contributed by atoms with E-state index in [-0.39, 0.29) is 0 Å². The molecule has 2 heteroatoms. The van der Waals surface area contributed by atoms with E-state index in [2.05, 4.69) is 55.4 Å². The Morgan fingerprint density at radius 2 is 1.81 bits per heavy atom. The first-order valence-corrected chi connectivity index (χ1v) is 8.64. The van der Waals surface area contributed by atoms with Crippen LogP contribution in [0.2, 0.25) is 0 Å². The average Bonchev–Trinajstić information content (AvgIpc) is 2.93. The van der Waals surface area contributed by atoms with E-state index in [1.807, 2.05) is 0 Å². The van der Waals surface area contributed by atoms with Crippen LogP contribution < -0.4 is 5.32 Å². The van der Waals surface area contributed by atoms with Gasteiger partial charge in [0.15, 0.2) is 0 Å². The smallest absolute Gasteiger partial charge is 0.0233 e. The lowest BCUT2D eigenvalue weighted by molar-refractivity contribution is 0.270. The highest BCUT2D eigenvalue weighted by Gasteiger charge is 2.17. The summed E-state index contributed by atoms with van der Waals surface area (Å²) in [5.74, 6) is 0.935. The molecule has 2 nitrogen and oxygen atoms in total. The average molecular weight is 288 g/mol. The van der Waals surface area contributed by atoms with E-state index in [1.165, 1.54) is 43.4 Å². The van der Waals surface area contributed by atoms with Crippen LogP contribution in [0.1, 0.15) is 50.7 Å². The largest absolute Gasteiger partial charge is 0.314 e. The quantitative estimate of drug-likeness (QED) is 0.781. The van der Waals surface area contributed by atoms with Gasteiger partial charge in [0.2, 0.25) is 0 Å². The van der Waals surface area contributed by atoms with Gasteiger partial charge in [-0.25, -0.2) is 0 Å². The molecule has 118 valence electrons. The number of benzene rings is 1. The molecule has 1 fully saturated rings.